The van der Waals surface area contributed by atoms with Gasteiger partial charge in [-0.3, -0.25) is 13.9 Å². The lowest BCUT2D eigenvalue weighted by Gasteiger charge is -2.33. The van der Waals surface area contributed by atoms with Gasteiger partial charge in [-0.25, -0.2) is 8.42 Å². The Kier molecular flexibility index (Phi) is 9.64. The van der Waals surface area contributed by atoms with Crippen molar-refractivity contribution < 1.29 is 18.0 Å². The second-order valence-electron chi connectivity index (χ2n) is 9.83. The van der Waals surface area contributed by atoms with Crippen LogP contribution in [-0.2, 0) is 26.2 Å². The highest BCUT2D eigenvalue weighted by atomic mass is 35.5. The van der Waals surface area contributed by atoms with Gasteiger partial charge in [0.15, 0.2) is 0 Å². The van der Waals surface area contributed by atoms with E-state index in [0.29, 0.717) is 10.7 Å². The fraction of sp³-hybridized carbons (Fsp3) is 0.333. The Hall–Kier alpha value is -3.36. The van der Waals surface area contributed by atoms with E-state index in [1.165, 1.54) is 17.0 Å². The van der Waals surface area contributed by atoms with Gasteiger partial charge in [-0.1, -0.05) is 79.4 Å². The number of nitrogens with zero attached hydrogens (tertiary/aromatic N) is 2. The molecule has 1 N–H and O–H groups in total. The van der Waals surface area contributed by atoms with Gasteiger partial charge in [0.25, 0.3) is 10.0 Å². The molecule has 1 aliphatic carbocycles. The van der Waals surface area contributed by atoms with Crippen LogP contribution in [0.2, 0.25) is 5.02 Å². The maximum atomic E-state index is 13.9. The van der Waals surface area contributed by atoms with E-state index in [1.807, 2.05) is 0 Å². The highest BCUT2D eigenvalue weighted by molar-refractivity contribution is 7.92. The lowest BCUT2D eigenvalue weighted by atomic mass is 9.95. The number of benzene rings is 3. The molecule has 206 valence electrons. The average Bonchev–Trinajstić information content (AvgIpc) is 2.96. The molecule has 0 aliphatic heterocycles. The molecular formula is C30H34ClN3O4S. The monoisotopic (exact) mass is 567 g/mol. The molecule has 7 nitrogen and oxygen atoms in total. The number of carbonyl (C=O) groups is 2. The summed E-state index contributed by atoms with van der Waals surface area (Å²) in [5.74, 6) is -0.735. The van der Waals surface area contributed by atoms with E-state index in [2.05, 4.69) is 5.32 Å². The van der Waals surface area contributed by atoms with Gasteiger partial charge in [0.05, 0.1) is 10.6 Å². The number of hydrogen-bond donors (Lipinski definition) is 1. The zero-order chi connectivity index (χ0) is 27.8. The van der Waals surface area contributed by atoms with Crippen LogP contribution in [0.3, 0.4) is 0 Å². The van der Waals surface area contributed by atoms with Crippen LogP contribution < -0.4 is 9.62 Å². The van der Waals surface area contributed by atoms with Crippen LogP contribution in [0.25, 0.3) is 0 Å². The van der Waals surface area contributed by atoms with Gasteiger partial charge >= 0.3 is 0 Å². The highest BCUT2D eigenvalue weighted by Gasteiger charge is 2.33. The van der Waals surface area contributed by atoms with Crippen molar-refractivity contribution in [2.24, 2.45) is 0 Å². The van der Waals surface area contributed by atoms with Crippen LogP contribution in [0, 0.1) is 0 Å². The summed E-state index contributed by atoms with van der Waals surface area (Å²) in [7, 11) is -4.06. The van der Waals surface area contributed by atoms with Crippen LogP contribution >= 0.6 is 11.6 Å². The normalized spacial score (nSPS) is 14.8. The SMILES string of the molecule is C[C@H](C(=O)NC1CCCCC1)N(Cc1ccc(Cl)cc1)C(=O)CN(c1ccccc1)S(=O)(=O)c1ccccc1. The number of hydrogen-bond acceptors (Lipinski definition) is 4. The molecular weight excluding hydrogens is 534 g/mol. The smallest absolute Gasteiger partial charge is 0.264 e. The molecule has 0 bridgehead atoms. The van der Waals surface area contributed by atoms with Crippen LogP contribution in [0.1, 0.15) is 44.6 Å². The van der Waals surface area contributed by atoms with E-state index in [0.717, 1.165) is 42.0 Å². The number of carbonyl (C=O) groups excluding carboxylic acids is 2. The molecule has 3 aromatic carbocycles. The van der Waals surface area contributed by atoms with Gasteiger partial charge in [0, 0.05) is 17.6 Å². The Morgan fingerprint density at radius 3 is 2.10 bits per heavy atom. The second kappa shape index (κ2) is 13.1. The van der Waals surface area contributed by atoms with Crippen molar-refractivity contribution >= 4 is 39.1 Å². The molecule has 1 fully saturated rings. The van der Waals surface area contributed by atoms with Gasteiger partial charge in [0.2, 0.25) is 11.8 Å². The number of sulfonamides is 1. The fourth-order valence-electron chi connectivity index (χ4n) is 4.78. The maximum Gasteiger partial charge on any atom is 0.264 e. The van der Waals surface area contributed by atoms with E-state index in [-0.39, 0.29) is 23.4 Å². The molecule has 0 aromatic heterocycles. The first kappa shape index (κ1) is 28.6. The van der Waals surface area contributed by atoms with Crippen molar-refractivity contribution in [1.82, 2.24) is 10.2 Å². The Bertz CT molecular complexity index is 1350. The Morgan fingerprint density at radius 1 is 0.897 bits per heavy atom. The summed E-state index contributed by atoms with van der Waals surface area (Å²) in [5, 5.41) is 3.66. The van der Waals surface area contributed by atoms with E-state index in [1.54, 1.807) is 79.7 Å². The number of nitrogens with one attached hydrogen (secondary N) is 1. The zero-order valence-corrected chi connectivity index (χ0v) is 23.6. The summed E-state index contributed by atoms with van der Waals surface area (Å²) in [6.45, 7) is 1.35. The van der Waals surface area contributed by atoms with Gasteiger partial charge in [0.1, 0.15) is 12.6 Å². The second-order valence-corrected chi connectivity index (χ2v) is 12.1. The minimum Gasteiger partial charge on any atom is -0.352 e. The van der Waals surface area contributed by atoms with E-state index in [9.17, 15) is 18.0 Å². The van der Waals surface area contributed by atoms with Crippen molar-refractivity contribution in [2.75, 3.05) is 10.8 Å². The van der Waals surface area contributed by atoms with Crippen molar-refractivity contribution in [3.8, 4) is 0 Å². The minimum absolute atomic E-state index is 0.0778. The van der Waals surface area contributed by atoms with Crippen molar-refractivity contribution in [3.63, 3.8) is 0 Å². The average molecular weight is 568 g/mol. The lowest BCUT2D eigenvalue weighted by molar-refractivity contribution is -0.139. The molecule has 0 spiro atoms. The Labute approximate surface area is 235 Å². The molecule has 1 aliphatic rings. The predicted molar refractivity (Wildman–Crippen MR) is 154 cm³/mol. The number of amides is 2. The molecule has 0 heterocycles. The molecule has 2 amide bonds. The molecule has 0 saturated heterocycles. The maximum absolute atomic E-state index is 13.9. The highest BCUT2D eigenvalue weighted by Crippen LogP contribution is 2.25. The van der Waals surface area contributed by atoms with E-state index >= 15 is 0 Å². The van der Waals surface area contributed by atoms with Crippen LogP contribution in [-0.4, -0.2) is 43.8 Å². The summed E-state index contributed by atoms with van der Waals surface area (Å²) >= 11 is 6.06. The fourth-order valence-corrected chi connectivity index (χ4v) is 6.34. The van der Waals surface area contributed by atoms with Crippen molar-refractivity contribution in [1.29, 1.82) is 0 Å². The van der Waals surface area contributed by atoms with Crippen molar-refractivity contribution in [3.05, 3.63) is 95.5 Å². The van der Waals surface area contributed by atoms with Crippen LogP contribution in [0.4, 0.5) is 5.69 Å². The van der Waals surface area contributed by atoms with Crippen molar-refractivity contribution in [2.45, 2.75) is 62.6 Å². The lowest BCUT2D eigenvalue weighted by Crippen LogP contribution is -2.53. The third-order valence-corrected chi connectivity index (χ3v) is 9.08. The number of halogens is 1. The first-order valence-electron chi connectivity index (χ1n) is 13.2. The van der Waals surface area contributed by atoms with Gasteiger partial charge < -0.3 is 10.2 Å². The minimum atomic E-state index is -4.06. The first-order chi connectivity index (χ1) is 18.8. The van der Waals surface area contributed by atoms with Gasteiger partial charge in [-0.05, 0) is 61.7 Å². The van der Waals surface area contributed by atoms with Crippen LogP contribution in [0.5, 0.6) is 0 Å². The summed E-state index contributed by atoms with van der Waals surface area (Å²) in [4.78, 5) is 28.8. The summed E-state index contributed by atoms with van der Waals surface area (Å²) in [6.07, 6.45) is 5.13. The quantitative estimate of drug-likeness (QED) is 0.355. The molecule has 0 unspecified atom stereocenters. The Balaban J connectivity index is 1.64. The Morgan fingerprint density at radius 2 is 1.49 bits per heavy atom. The standard InChI is InChI=1S/C30H34ClN3O4S/c1-23(30(36)32-26-11-5-2-6-12-26)33(21-24-17-19-25(31)20-18-24)29(35)22-34(27-13-7-3-8-14-27)39(37,38)28-15-9-4-10-16-28/h3-4,7-10,13-20,23,26H,2,5-6,11-12,21-22H2,1H3,(H,32,36)/t23-/m1/s1. The number of anilines is 1. The molecule has 39 heavy (non-hydrogen) atoms. The number of rotatable bonds is 10. The summed E-state index contributed by atoms with van der Waals surface area (Å²) < 4.78 is 28.5. The van der Waals surface area contributed by atoms with E-state index < -0.39 is 28.5 Å². The van der Waals surface area contributed by atoms with Gasteiger partial charge in [-0.15, -0.1) is 0 Å². The molecule has 1 atom stereocenters. The summed E-state index contributed by atoms with van der Waals surface area (Å²) in [5.41, 5.74) is 1.14. The third-order valence-electron chi connectivity index (χ3n) is 7.04. The largest absolute Gasteiger partial charge is 0.352 e. The van der Waals surface area contributed by atoms with Crippen LogP contribution in [0.15, 0.2) is 89.8 Å². The number of para-hydroxylation sites is 1. The molecule has 3 aromatic rings. The molecule has 0 radical (unpaired) electrons. The molecule has 4 rings (SSSR count). The van der Waals surface area contributed by atoms with E-state index in [4.69, 9.17) is 11.6 Å². The molecule has 1 saturated carbocycles. The molecule has 9 heteroatoms. The predicted octanol–water partition coefficient (Wildman–Crippen LogP) is 5.40. The third kappa shape index (κ3) is 7.40. The van der Waals surface area contributed by atoms with Gasteiger partial charge in [-0.2, -0.15) is 0 Å². The first-order valence-corrected chi connectivity index (χ1v) is 15.0. The topological polar surface area (TPSA) is 86.8 Å². The summed E-state index contributed by atoms with van der Waals surface area (Å²) in [6, 6.07) is 22.9. The zero-order valence-electron chi connectivity index (χ0n) is 22.0.